The molecule has 27 heavy (non-hydrogen) atoms. The van der Waals surface area contributed by atoms with Gasteiger partial charge in [0.1, 0.15) is 5.54 Å². The van der Waals surface area contributed by atoms with Crippen molar-refractivity contribution < 1.29 is 14.3 Å². The van der Waals surface area contributed by atoms with Crippen molar-refractivity contribution in [1.82, 2.24) is 5.32 Å². The summed E-state index contributed by atoms with van der Waals surface area (Å²) < 4.78 is 5.24. The maximum Gasteiger partial charge on any atom is 0.340 e. The fourth-order valence-electron chi connectivity index (χ4n) is 3.13. The Morgan fingerprint density at radius 2 is 1.93 bits per heavy atom. The van der Waals surface area contributed by atoms with Crippen LogP contribution < -0.4 is 5.32 Å². The van der Waals surface area contributed by atoms with Crippen LogP contribution in [0, 0.1) is 11.3 Å². The molecule has 6 heteroatoms. The molecule has 1 saturated carbocycles. The number of amides is 1. The van der Waals surface area contributed by atoms with Crippen LogP contribution in [0.5, 0.6) is 0 Å². The Bertz CT molecular complexity index is 861. The van der Waals surface area contributed by atoms with E-state index in [1.54, 1.807) is 6.08 Å². The average molecular weight is 380 g/mol. The van der Waals surface area contributed by atoms with Crippen LogP contribution in [-0.2, 0) is 14.3 Å². The largest absolute Gasteiger partial charge is 0.452 e. The SMILES string of the molecule is N#CC1(NC(=O)COC(=O)/C(=C/c2ccccc2)c2cccs2)CCCC1. The molecular formula is C21H20N2O3S. The minimum atomic E-state index is -0.819. The molecule has 0 atom stereocenters. The van der Waals surface area contributed by atoms with E-state index in [1.807, 2.05) is 47.8 Å². The van der Waals surface area contributed by atoms with Crippen molar-refractivity contribution in [2.45, 2.75) is 31.2 Å². The highest BCUT2D eigenvalue weighted by atomic mass is 32.1. The minimum Gasteiger partial charge on any atom is -0.452 e. The van der Waals surface area contributed by atoms with Crippen LogP contribution in [0.3, 0.4) is 0 Å². The molecule has 0 radical (unpaired) electrons. The Labute approximate surface area is 162 Å². The molecule has 0 unspecified atom stereocenters. The van der Waals surface area contributed by atoms with Crippen molar-refractivity contribution in [2.75, 3.05) is 6.61 Å². The van der Waals surface area contributed by atoms with Crippen LogP contribution in [0.25, 0.3) is 11.6 Å². The molecule has 3 rings (SSSR count). The van der Waals surface area contributed by atoms with Gasteiger partial charge in [0.15, 0.2) is 6.61 Å². The second-order valence-electron chi connectivity index (χ2n) is 6.47. The fourth-order valence-corrected chi connectivity index (χ4v) is 3.86. The first-order valence-corrected chi connectivity index (χ1v) is 9.70. The summed E-state index contributed by atoms with van der Waals surface area (Å²) >= 11 is 1.43. The Balaban J connectivity index is 1.68. The van der Waals surface area contributed by atoms with E-state index >= 15 is 0 Å². The zero-order valence-corrected chi connectivity index (χ0v) is 15.6. The van der Waals surface area contributed by atoms with E-state index < -0.39 is 24.0 Å². The summed E-state index contributed by atoms with van der Waals surface area (Å²) in [6, 6.07) is 15.4. The van der Waals surface area contributed by atoms with Gasteiger partial charge in [-0.15, -0.1) is 11.3 Å². The van der Waals surface area contributed by atoms with E-state index in [1.165, 1.54) is 11.3 Å². The molecule has 1 aromatic carbocycles. The molecule has 2 aromatic rings. The molecule has 0 bridgehead atoms. The van der Waals surface area contributed by atoms with Crippen molar-refractivity contribution in [3.8, 4) is 6.07 Å². The number of hydrogen-bond donors (Lipinski definition) is 1. The van der Waals surface area contributed by atoms with Gasteiger partial charge in [-0.2, -0.15) is 5.26 Å². The number of carbonyl (C=O) groups excluding carboxylic acids is 2. The lowest BCUT2D eigenvalue weighted by Gasteiger charge is -2.21. The maximum absolute atomic E-state index is 12.6. The molecule has 1 heterocycles. The summed E-state index contributed by atoms with van der Waals surface area (Å²) in [7, 11) is 0. The Morgan fingerprint density at radius 3 is 2.56 bits per heavy atom. The molecule has 5 nitrogen and oxygen atoms in total. The number of benzene rings is 1. The van der Waals surface area contributed by atoms with Crippen LogP contribution >= 0.6 is 11.3 Å². The average Bonchev–Trinajstić information content (AvgIpc) is 3.38. The van der Waals surface area contributed by atoms with E-state index in [2.05, 4.69) is 11.4 Å². The molecule has 1 N–H and O–H groups in total. The third-order valence-electron chi connectivity index (χ3n) is 4.50. The zero-order chi connectivity index (χ0) is 19.1. The third kappa shape index (κ3) is 4.83. The quantitative estimate of drug-likeness (QED) is 0.611. The molecule has 0 saturated heterocycles. The number of thiophene rings is 1. The lowest BCUT2D eigenvalue weighted by molar-refractivity contribution is -0.143. The summed E-state index contributed by atoms with van der Waals surface area (Å²) in [6.45, 7) is -0.403. The molecule has 0 spiro atoms. The highest BCUT2D eigenvalue weighted by Crippen LogP contribution is 2.29. The number of nitrogens with zero attached hydrogens (tertiary/aromatic N) is 1. The Morgan fingerprint density at radius 1 is 1.19 bits per heavy atom. The standard InChI is InChI=1S/C21H20N2O3S/c22-15-21(10-4-5-11-21)23-19(24)14-26-20(25)17(18-9-6-12-27-18)13-16-7-2-1-3-8-16/h1-3,6-9,12-13H,4-5,10-11,14H2,(H,23,24)/b17-13+. The number of carbonyl (C=O) groups is 2. The van der Waals surface area contributed by atoms with Gasteiger partial charge in [-0.1, -0.05) is 36.4 Å². The second-order valence-corrected chi connectivity index (χ2v) is 7.42. The second kappa shape index (κ2) is 8.65. The highest BCUT2D eigenvalue weighted by Gasteiger charge is 2.35. The van der Waals surface area contributed by atoms with E-state index in [-0.39, 0.29) is 0 Å². The molecule has 1 aromatic heterocycles. The van der Waals surface area contributed by atoms with Crippen LogP contribution in [-0.4, -0.2) is 24.0 Å². The first-order chi connectivity index (χ1) is 13.1. The predicted octanol–water partition coefficient (Wildman–Crippen LogP) is 3.78. The number of hydrogen-bond acceptors (Lipinski definition) is 5. The van der Waals surface area contributed by atoms with Gasteiger partial charge in [-0.05, 0) is 48.8 Å². The summed E-state index contributed by atoms with van der Waals surface area (Å²) in [5, 5.41) is 13.9. The van der Waals surface area contributed by atoms with Crippen molar-refractivity contribution >= 4 is 34.9 Å². The predicted molar refractivity (Wildman–Crippen MR) is 105 cm³/mol. The van der Waals surface area contributed by atoms with Crippen molar-refractivity contribution in [1.29, 1.82) is 5.26 Å². The Kier molecular flexibility index (Phi) is 6.05. The highest BCUT2D eigenvalue weighted by molar-refractivity contribution is 7.11. The number of nitriles is 1. The van der Waals surface area contributed by atoms with Gasteiger partial charge < -0.3 is 10.1 Å². The van der Waals surface area contributed by atoms with Crippen LogP contribution in [0.1, 0.15) is 36.1 Å². The monoisotopic (exact) mass is 380 g/mol. The molecule has 1 aliphatic rings. The first-order valence-electron chi connectivity index (χ1n) is 8.82. The number of nitrogens with one attached hydrogen (secondary N) is 1. The summed E-state index contributed by atoms with van der Waals surface area (Å²) in [5.41, 5.74) is 0.455. The fraction of sp³-hybridized carbons (Fsp3) is 0.286. The third-order valence-corrected chi connectivity index (χ3v) is 5.40. The molecule has 1 aliphatic carbocycles. The smallest absolute Gasteiger partial charge is 0.340 e. The van der Waals surface area contributed by atoms with Gasteiger partial charge in [-0.25, -0.2) is 4.79 Å². The van der Waals surface area contributed by atoms with Crippen molar-refractivity contribution in [3.63, 3.8) is 0 Å². The van der Waals surface area contributed by atoms with Gasteiger partial charge >= 0.3 is 5.97 Å². The van der Waals surface area contributed by atoms with Crippen molar-refractivity contribution in [3.05, 3.63) is 58.3 Å². The topological polar surface area (TPSA) is 79.2 Å². The lowest BCUT2D eigenvalue weighted by Crippen LogP contribution is -2.46. The van der Waals surface area contributed by atoms with Gasteiger partial charge in [-0.3, -0.25) is 4.79 Å². The van der Waals surface area contributed by atoms with Gasteiger partial charge in [0, 0.05) is 4.88 Å². The van der Waals surface area contributed by atoms with E-state index in [0.717, 1.165) is 23.3 Å². The van der Waals surface area contributed by atoms with Crippen molar-refractivity contribution in [2.24, 2.45) is 0 Å². The number of ether oxygens (including phenoxy) is 1. The van der Waals surface area contributed by atoms with Gasteiger partial charge in [0.2, 0.25) is 0 Å². The summed E-state index contributed by atoms with van der Waals surface area (Å²) in [6.07, 6.45) is 4.85. The van der Waals surface area contributed by atoms with E-state index in [9.17, 15) is 14.9 Å². The minimum absolute atomic E-state index is 0.403. The van der Waals surface area contributed by atoms with Crippen LogP contribution in [0.15, 0.2) is 47.8 Å². The summed E-state index contributed by atoms with van der Waals surface area (Å²) in [5.74, 6) is -1.01. The van der Waals surface area contributed by atoms with Gasteiger partial charge in [0.25, 0.3) is 5.91 Å². The molecule has 0 aliphatic heterocycles. The van der Waals surface area contributed by atoms with E-state index in [0.29, 0.717) is 18.4 Å². The molecule has 1 amide bonds. The Hall–Kier alpha value is -2.91. The molecule has 138 valence electrons. The first kappa shape index (κ1) is 18.9. The van der Waals surface area contributed by atoms with Crippen LogP contribution in [0.2, 0.25) is 0 Å². The van der Waals surface area contributed by atoms with Gasteiger partial charge in [0.05, 0.1) is 11.6 Å². The van der Waals surface area contributed by atoms with Crippen LogP contribution in [0.4, 0.5) is 0 Å². The summed E-state index contributed by atoms with van der Waals surface area (Å²) in [4.78, 5) is 25.6. The molecule has 1 fully saturated rings. The maximum atomic E-state index is 12.6. The lowest BCUT2D eigenvalue weighted by atomic mass is 10.00. The number of esters is 1. The number of rotatable bonds is 6. The normalized spacial score (nSPS) is 15.7. The molecular weight excluding hydrogens is 360 g/mol. The van der Waals surface area contributed by atoms with E-state index in [4.69, 9.17) is 4.74 Å². The zero-order valence-electron chi connectivity index (χ0n) is 14.8.